The van der Waals surface area contributed by atoms with Crippen molar-refractivity contribution in [2.45, 2.75) is 27.2 Å². The predicted octanol–water partition coefficient (Wildman–Crippen LogP) is 5.07. The number of anilines is 3. The van der Waals surface area contributed by atoms with Crippen LogP contribution in [0.25, 0.3) is 0 Å². The number of aryl methyl sites for hydroxylation is 1. The summed E-state index contributed by atoms with van der Waals surface area (Å²) in [7, 11) is 0. The van der Waals surface area contributed by atoms with E-state index in [4.69, 9.17) is 11.6 Å². The molecule has 0 aliphatic heterocycles. The number of hydrogen-bond acceptors (Lipinski definition) is 4. The molecule has 0 amide bonds. The zero-order valence-electron chi connectivity index (χ0n) is 12.3. The molecule has 0 atom stereocenters. The second-order valence-electron chi connectivity index (χ2n) is 4.77. The summed E-state index contributed by atoms with van der Waals surface area (Å²) >= 11 is 9.50. The van der Waals surface area contributed by atoms with Crippen LogP contribution in [0.15, 0.2) is 22.7 Å². The lowest BCUT2D eigenvalue weighted by Crippen LogP contribution is -2.08. The summed E-state index contributed by atoms with van der Waals surface area (Å²) in [6.07, 6.45) is 1.05. The van der Waals surface area contributed by atoms with Crippen LogP contribution >= 0.6 is 27.5 Å². The van der Waals surface area contributed by atoms with E-state index in [0.29, 0.717) is 5.02 Å². The number of nitrogens with one attached hydrogen (secondary N) is 2. The van der Waals surface area contributed by atoms with E-state index in [9.17, 15) is 0 Å². The summed E-state index contributed by atoms with van der Waals surface area (Å²) in [6, 6.07) is 5.72. The van der Waals surface area contributed by atoms with Crippen molar-refractivity contribution in [3.8, 4) is 0 Å². The predicted molar refractivity (Wildman–Crippen MR) is 92.7 cm³/mol. The fraction of sp³-hybridized carbons (Fsp3) is 0.333. The molecule has 0 saturated carbocycles. The van der Waals surface area contributed by atoms with E-state index in [-0.39, 0.29) is 0 Å². The molecule has 1 aromatic carbocycles. The van der Waals surface area contributed by atoms with E-state index in [1.165, 1.54) is 0 Å². The summed E-state index contributed by atoms with van der Waals surface area (Å²) in [4.78, 5) is 8.92. The third-order valence-corrected chi connectivity index (χ3v) is 4.21. The Morgan fingerprint density at radius 2 is 1.90 bits per heavy atom. The molecule has 0 unspecified atom stereocenters. The molecule has 0 aliphatic rings. The molecule has 112 valence electrons. The van der Waals surface area contributed by atoms with Crippen LogP contribution in [-0.4, -0.2) is 16.5 Å². The van der Waals surface area contributed by atoms with Gasteiger partial charge in [0, 0.05) is 22.3 Å². The van der Waals surface area contributed by atoms with E-state index < -0.39 is 0 Å². The third-order valence-electron chi connectivity index (χ3n) is 2.98. The van der Waals surface area contributed by atoms with Gasteiger partial charge in [-0.2, -0.15) is 0 Å². The van der Waals surface area contributed by atoms with Crippen LogP contribution in [0.5, 0.6) is 0 Å². The molecular formula is C15H18BrClN4. The highest BCUT2D eigenvalue weighted by Crippen LogP contribution is 2.29. The first-order chi connectivity index (χ1) is 10.0. The molecule has 2 aromatic rings. The van der Waals surface area contributed by atoms with Crippen molar-refractivity contribution >= 4 is 44.9 Å². The lowest BCUT2D eigenvalue weighted by Gasteiger charge is -2.14. The normalized spacial score (nSPS) is 10.5. The van der Waals surface area contributed by atoms with Crippen molar-refractivity contribution in [3.63, 3.8) is 0 Å². The average molecular weight is 370 g/mol. The Bertz CT molecular complexity index is 646. The van der Waals surface area contributed by atoms with E-state index >= 15 is 0 Å². The first kappa shape index (κ1) is 16.0. The molecule has 0 fully saturated rings. The molecule has 4 nitrogen and oxygen atoms in total. The quantitative estimate of drug-likeness (QED) is 0.772. The Hall–Kier alpha value is -1.33. The van der Waals surface area contributed by atoms with Crippen LogP contribution in [0.4, 0.5) is 17.3 Å². The van der Waals surface area contributed by atoms with Gasteiger partial charge in [-0.05, 0) is 54.4 Å². The van der Waals surface area contributed by atoms with Crippen LogP contribution in [0.3, 0.4) is 0 Å². The smallest absolute Gasteiger partial charge is 0.139 e. The van der Waals surface area contributed by atoms with Crippen molar-refractivity contribution < 1.29 is 0 Å². The number of hydrogen-bond donors (Lipinski definition) is 2. The van der Waals surface area contributed by atoms with Crippen molar-refractivity contribution in [1.82, 2.24) is 9.97 Å². The van der Waals surface area contributed by atoms with Gasteiger partial charge in [0.25, 0.3) is 0 Å². The maximum absolute atomic E-state index is 6.12. The third kappa shape index (κ3) is 4.08. The van der Waals surface area contributed by atoms with Gasteiger partial charge in [-0.1, -0.05) is 18.5 Å². The lowest BCUT2D eigenvalue weighted by atomic mass is 10.2. The Morgan fingerprint density at radius 1 is 1.19 bits per heavy atom. The molecule has 0 radical (unpaired) electrons. The first-order valence-electron chi connectivity index (χ1n) is 6.82. The van der Waals surface area contributed by atoms with Gasteiger partial charge in [0.15, 0.2) is 0 Å². The Balaban J connectivity index is 2.30. The van der Waals surface area contributed by atoms with E-state index in [1.807, 2.05) is 32.0 Å². The molecule has 0 saturated heterocycles. The Labute approximate surface area is 138 Å². The molecule has 1 heterocycles. The Morgan fingerprint density at radius 3 is 2.57 bits per heavy atom. The Kier molecular flexibility index (Phi) is 5.42. The second kappa shape index (κ2) is 7.09. The number of rotatable bonds is 5. The summed E-state index contributed by atoms with van der Waals surface area (Å²) in [5.74, 6) is 2.39. The summed E-state index contributed by atoms with van der Waals surface area (Å²) in [5, 5.41) is 7.29. The van der Waals surface area contributed by atoms with Crippen LogP contribution in [0.1, 0.15) is 24.7 Å². The van der Waals surface area contributed by atoms with Crippen LogP contribution < -0.4 is 10.6 Å². The number of benzene rings is 1. The van der Waals surface area contributed by atoms with Gasteiger partial charge < -0.3 is 10.6 Å². The molecule has 6 heteroatoms. The molecule has 0 bridgehead atoms. The van der Waals surface area contributed by atoms with Crippen molar-refractivity contribution in [3.05, 3.63) is 39.1 Å². The maximum Gasteiger partial charge on any atom is 0.139 e. The topological polar surface area (TPSA) is 49.8 Å². The van der Waals surface area contributed by atoms with Crippen molar-refractivity contribution in [2.24, 2.45) is 0 Å². The molecule has 0 spiro atoms. The summed E-state index contributed by atoms with van der Waals surface area (Å²) in [6.45, 7) is 6.90. The zero-order chi connectivity index (χ0) is 15.4. The van der Waals surface area contributed by atoms with Crippen molar-refractivity contribution in [2.75, 3.05) is 17.2 Å². The van der Waals surface area contributed by atoms with Gasteiger partial charge in [-0.25, -0.2) is 9.97 Å². The highest BCUT2D eigenvalue weighted by molar-refractivity contribution is 9.10. The average Bonchev–Trinajstić information content (AvgIpc) is 2.45. The summed E-state index contributed by atoms with van der Waals surface area (Å²) in [5.41, 5.74) is 1.89. The summed E-state index contributed by atoms with van der Waals surface area (Å²) < 4.78 is 0.871. The van der Waals surface area contributed by atoms with Gasteiger partial charge in [-0.15, -0.1) is 0 Å². The van der Waals surface area contributed by atoms with Crippen LogP contribution in [0, 0.1) is 13.8 Å². The molecule has 1 aromatic heterocycles. The molecule has 2 rings (SSSR count). The molecule has 2 N–H and O–H groups in total. The van der Waals surface area contributed by atoms with Crippen LogP contribution in [0.2, 0.25) is 5.02 Å². The standard InChI is InChI=1S/C15H18BrClN4/c1-4-7-18-14-9(2)15(20-10(3)19-14)21-11-5-6-12(16)13(17)8-11/h5-6,8H,4,7H2,1-3H3,(H2,18,19,20,21). The molecule has 21 heavy (non-hydrogen) atoms. The SMILES string of the molecule is CCCNc1nc(C)nc(Nc2ccc(Br)c(Cl)c2)c1C. The van der Waals surface area contributed by atoms with Gasteiger partial charge in [0.2, 0.25) is 0 Å². The number of aromatic nitrogens is 2. The lowest BCUT2D eigenvalue weighted by molar-refractivity contribution is 0.948. The van der Waals surface area contributed by atoms with E-state index in [1.54, 1.807) is 0 Å². The highest BCUT2D eigenvalue weighted by Gasteiger charge is 2.09. The minimum absolute atomic E-state index is 0.660. The molecule has 0 aliphatic carbocycles. The second-order valence-corrected chi connectivity index (χ2v) is 6.04. The van der Waals surface area contributed by atoms with E-state index in [0.717, 1.165) is 46.1 Å². The number of nitrogens with zero attached hydrogens (tertiary/aromatic N) is 2. The molecular weight excluding hydrogens is 352 g/mol. The van der Waals surface area contributed by atoms with Gasteiger partial charge >= 0.3 is 0 Å². The van der Waals surface area contributed by atoms with Gasteiger partial charge in [0.1, 0.15) is 17.5 Å². The number of halogens is 2. The van der Waals surface area contributed by atoms with Crippen LogP contribution in [-0.2, 0) is 0 Å². The van der Waals surface area contributed by atoms with Crippen molar-refractivity contribution in [1.29, 1.82) is 0 Å². The highest BCUT2D eigenvalue weighted by atomic mass is 79.9. The first-order valence-corrected chi connectivity index (χ1v) is 7.99. The van der Waals surface area contributed by atoms with E-state index in [2.05, 4.69) is 43.5 Å². The van der Waals surface area contributed by atoms with Gasteiger partial charge in [0.05, 0.1) is 5.02 Å². The fourth-order valence-electron chi connectivity index (χ4n) is 1.88. The maximum atomic E-state index is 6.12. The minimum atomic E-state index is 0.660. The minimum Gasteiger partial charge on any atom is -0.370 e. The van der Waals surface area contributed by atoms with Gasteiger partial charge in [-0.3, -0.25) is 0 Å². The largest absolute Gasteiger partial charge is 0.370 e. The monoisotopic (exact) mass is 368 g/mol. The zero-order valence-corrected chi connectivity index (χ0v) is 14.6. The fourth-order valence-corrected chi connectivity index (χ4v) is 2.30.